The molecule has 1 aromatic heterocycles. The molecule has 0 aliphatic rings. The predicted molar refractivity (Wildman–Crippen MR) is 78.6 cm³/mol. The molecule has 1 N–H and O–H groups in total. The van der Waals surface area contributed by atoms with E-state index in [-0.39, 0.29) is 5.91 Å². The summed E-state index contributed by atoms with van der Waals surface area (Å²) >= 11 is 1.43. The number of aromatic nitrogens is 1. The van der Waals surface area contributed by atoms with Crippen LogP contribution in [0.3, 0.4) is 0 Å². The van der Waals surface area contributed by atoms with Crippen LogP contribution in [-0.2, 0) is 4.79 Å². The highest BCUT2D eigenvalue weighted by atomic mass is 32.2. The van der Waals surface area contributed by atoms with Crippen LogP contribution in [0.5, 0.6) is 0 Å². The number of aryl methyl sites for hydroxylation is 1. The zero-order valence-corrected chi connectivity index (χ0v) is 12.0. The van der Waals surface area contributed by atoms with E-state index in [2.05, 4.69) is 16.4 Å². The van der Waals surface area contributed by atoms with E-state index in [1.54, 1.807) is 6.07 Å². The van der Waals surface area contributed by atoms with Crippen molar-refractivity contribution < 1.29 is 4.79 Å². The van der Waals surface area contributed by atoms with Crippen LogP contribution in [0.25, 0.3) is 0 Å². The Balaban J connectivity index is 2.20. The lowest BCUT2D eigenvalue weighted by Crippen LogP contribution is -2.05. The number of carbonyl (C=O) groups is 1. The van der Waals surface area contributed by atoms with Gasteiger partial charge in [0.15, 0.2) is 0 Å². The van der Waals surface area contributed by atoms with Gasteiger partial charge in [-0.25, -0.2) is 4.98 Å². The fraction of sp³-hybridized carbons (Fsp3) is 0.133. The number of hydrogen-bond acceptors (Lipinski definition) is 4. The van der Waals surface area contributed by atoms with Crippen LogP contribution in [0.15, 0.2) is 46.3 Å². The average molecular weight is 283 g/mol. The molecule has 2 rings (SSSR count). The molecule has 0 atom stereocenters. The van der Waals surface area contributed by atoms with Crippen molar-refractivity contribution in [3.63, 3.8) is 0 Å². The zero-order chi connectivity index (χ0) is 14.5. The lowest BCUT2D eigenvalue weighted by Gasteiger charge is -2.06. The molecule has 0 saturated heterocycles. The SMILES string of the molecule is CC(=O)Nc1ccc(Sc2nc(C)ccc2C#N)cc1. The summed E-state index contributed by atoms with van der Waals surface area (Å²) in [5.74, 6) is -0.0995. The lowest BCUT2D eigenvalue weighted by molar-refractivity contribution is -0.114. The van der Waals surface area contributed by atoms with E-state index in [9.17, 15) is 4.79 Å². The number of nitriles is 1. The second kappa shape index (κ2) is 6.22. The molecule has 0 saturated carbocycles. The van der Waals surface area contributed by atoms with Crippen LogP contribution >= 0.6 is 11.8 Å². The quantitative estimate of drug-likeness (QED) is 0.937. The fourth-order valence-electron chi connectivity index (χ4n) is 1.62. The van der Waals surface area contributed by atoms with Gasteiger partial charge in [-0.1, -0.05) is 11.8 Å². The highest BCUT2D eigenvalue weighted by Crippen LogP contribution is 2.29. The highest BCUT2D eigenvalue weighted by molar-refractivity contribution is 7.99. The van der Waals surface area contributed by atoms with Crippen molar-refractivity contribution in [2.24, 2.45) is 0 Å². The molecule has 0 aliphatic heterocycles. The first kappa shape index (κ1) is 14.1. The summed E-state index contributed by atoms with van der Waals surface area (Å²) in [5, 5.41) is 12.5. The van der Waals surface area contributed by atoms with Gasteiger partial charge < -0.3 is 5.32 Å². The number of benzene rings is 1. The molecule has 0 radical (unpaired) electrons. The van der Waals surface area contributed by atoms with E-state index in [0.29, 0.717) is 10.6 Å². The molecule has 2 aromatic rings. The Labute approximate surface area is 121 Å². The molecule has 1 aromatic carbocycles. The van der Waals surface area contributed by atoms with Crippen molar-refractivity contribution in [3.05, 3.63) is 47.7 Å². The van der Waals surface area contributed by atoms with Crippen molar-refractivity contribution in [1.29, 1.82) is 5.26 Å². The summed E-state index contributed by atoms with van der Waals surface area (Å²) in [7, 11) is 0. The van der Waals surface area contributed by atoms with Gasteiger partial charge >= 0.3 is 0 Å². The summed E-state index contributed by atoms with van der Waals surface area (Å²) in [6.07, 6.45) is 0. The standard InChI is InChI=1S/C15H13N3OS/c1-10-3-4-12(9-16)15(17-10)20-14-7-5-13(6-8-14)18-11(2)19/h3-8H,1-2H3,(H,18,19). The number of anilines is 1. The molecule has 100 valence electrons. The van der Waals surface area contributed by atoms with Gasteiger partial charge in [0.1, 0.15) is 11.1 Å². The van der Waals surface area contributed by atoms with Gasteiger partial charge in [-0.3, -0.25) is 4.79 Å². The molecule has 0 bridgehead atoms. The first-order chi connectivity index (χ1) is 9.58. The molecule has 0 spiro atoms. The van der Waals surface area contributed by atoms with Gasteiger partial charge in [0.25, 0.3) is 0 Å². The van der Waals surface area contributed by atoms with Crippen LogP contribution in [0.4, 0.5) is 5.69 Å². The molecule has 0 aliphatic carbocycles. The molecule has 1 amide bonds. The predicted octanol–water partition coefficient (Wildman–Crippen LogP) is 3.37. The van der Waals surface area contributed by atoms with Crippen molar-refractivity contribution in [2.45, 2.75) is 23.8 Å². The Bertz CT molecular complexity index is 675. The van der Waals surface area contributed by atoms with E-state index >= 15 is 0 Å². The molecular weight excluding hydrogens is 270 g/mol. The van der Waals surface area contributed by atoms with Crippen LogP contribution in [0.1, 0.15) is 18.2 Å². The Morgan fingerprint density at radius 3 is 2.55 bits per heavy atom. The molecule has 0 fully saturated rings. The molecule has 4 nitrogen and oxygen atoms in total. The third-order valence-electron chi connectivity index (χ3n) is 2.51. The zero-order valence-electron chi connectivity index (χ0n) is 11.2. The Kier molecular flexibility index (Phi) is 4.38. The van der Waals surface area contributed by atoms with Crippen LogP contribution in [0, 0.1) is 18.3 Å². The van der Waals surface area contributed by atoms with Crippen molar-refractivity contribution in [1.82, 2.24) is 4.98 Å². The van der Waals surface area contributed by atoms with Crippen LogP contribution in [0.2, 0.25) is 0 Å². The van der Waals surface area contributed by atoms with E-state index in [1.165, 1.54) is 18.7 Å². The van der Waals surface area contributed by atoms with Gasteiger partial charge in [-0.2, -0.15) is 5.26 Å². The molecular formula is C15H13N3OS. The fourth-order valence-corrected chi connectivity index (χ4v) is 2.53. The topological polar surface area (TPSA) is 65.8 Å². The minimum Gasteiger partial charge on any atom is -0.326 e. The molecule has 1 heterocycles. The Hall–Kier alpha value is -2.32. The Morgan fingerprint density at radius 2 is 1.95 bits per heavy atom. The summed E-state index contributed by atoms with van der Waals surface area (Å²) in [5.41, 5.74) is 2.19. The second-order valence-electron chi connectivity index (χ2n) is 4.22. The van der Waals surface area contributed by atoms with Crippen molar-refractivity contribution >= 4 is 23.4 Å². The monoisotopic (exact) mass is 283 g/mol. The van der Waals surface area contributed by atoms with Crippen molar-refractivity contribution in [2.75, 3.05) is 5.32 Å². The van der Waals surface area contributed by atoms with Gasteiger partial charge in [0.2, 0.25) is 5.91 Å². The number of pyridine rings is 1. The van der Waals surface area contributed by atoms with E-state index < -0.39 is 0 Å². The minimum atomic E-state index is -0.0995. The van der Waals surface area contributed by atoms with E-state index in [0.717, 1.165) is 16.3 Å². The van der Waals surface area contributed by atoms with E-state index in [1.807, 2.05) is 37.3 Å². The smallest absolute Gasteiger partial charge is 0.221 e. The van der Waals surface area contributed by atoms with E-state index in [4.69, 9.17) is 5.26 Å². The number of carbonyl (C=O) groups excluding carboxylic acids is 1. The number of amides is 1. The second-order valence-corrected chi connectivity index (χ2v) is 5.29. The summed E-state index contributed by atoms with van der Waals surface area (Å²) < 4.78 is 0. The maximum absolute atomic E-state index is 10.9. The number of nitrogens with one attached hydrogen (secondary N) is 1. The molecule has 20 heavy (non-hydrogen) atoms. The average Bonchev–Trinajstić information content (AvgIpc) is 2.41. The van der Waals surface area contributed by atoms with Gasteiger partial charge in [-0.15, -0.1) is 0 Å². The normalized spacial score (nSPS) is 9.85. The first-order valence-corrected chi connectivity index (χ1v) is 6.83. The third kappa shape index (κ3) is 3.59. The maximum atomic E-state index is 10.9. The highest BCUT2D eigenvalue weighted by Gasteiger charge is 2.06. The van der Waals surface area contributed by atoms with Crippen LogP contribution < -0.4 is 5.32 Å². The van der Waals surface area contributed by atoms with Gasteiger partial charge in [-0.05, 0) is 43.3 Å². The first-order valence-electron chi connectivity index (χ1n) is 6.02. The van der Waals surface area contributed by atoms with Crippen molar-refractivity contribution in [3.8, 4) is 6.07 Å². The Morgan fingerprint density at radius 1 is 1.25 bits per heavy atom. The lowest BCUT2D eigenvalue weighted by atomic mass is 10.3. The van der Waals surface area contributed by atoms with Crippen LogP contribution in [-0.4, -0.2) is 10.9 Å². The largest absolute Gasteiger partial charge is 0.326 e. The summed E-state index contributed by atoms with van der Waals surface area (Å²) in [4.78, 5) is 16.3. The number of rotatable bonds is 3. The molecule has 0 unspecified atom stereocenters. The third-order valence-corrected chi connectivity index (χ3v) is 3.52. The number of nitrogens with zero attached hydrogens (tertiary/aromatic N) is 2. The van der Waals surface area contributed by atoms with Gasteiger partial charge in [0, 0.05) is 23.2 Å². The maximum Gasteiger partial charge on any atom is 0.221 e. The minimum absolute atomic E-state index is 0.0995. The molecule has 5 heteroatoms. The number of hydrogen-bond donors (Lipinski definition) is 1. The summed E-state index contributed by atoms with van der Waals surface area (Å²) in [6, 6.07) is 13.2. The summed E-state index contributed by atoms with van der Waals surface area (Å²) in [6.45, 7) is 3.36. The van der Waals surface area contributed by atoms with Gasteiger partial charge in [0.05, 0.1) is 5.56 Å².